The van der Waals surface area contributed by atoms with Gasteiger partial charge in [0.05, 0.1) is 6.04 Å². The minimum Gasteiger partial charge on any atom is -0.352 e. The van der Waals surface area contributed by atoms with Crippen molar-refractivity contribution in [2.75, 3.05) is 13.1 Å². The van der Waals surface area contributed by atoms with Crippen LogP contribution in [0.4, 0.5) is 0 Å². The van der Waals surface area contributed by atoms with Crippen LogP contribution in [0, 0.1) is 0 Å². The van der Waals surface area contributed by atoms with E-state index < -0.39 is 0 Å². The predicted octanol–water partition coefficient (Wildman–Crippen LogP) is 0.631. The Balaban J connectivity index is 2.39. The maximum atomic E-state index is 11.8. The molecule has 1 saturated heterocycles. The van der Waals surface area contributed by atoms with E-state index in [0.29, 0.717) is 0 Å². The molecule has 0 aromatic heterocycles. The Kier molecular flexibility index (Phi) is 4.74. The topological polar surface area (TPSA) is 53.2 Å². The first kappa shape index (κ1) is 13.5. The highest BCUT2D eigenvalue weighted by Gasteiger charge is 2.31. The molecule has 0 aromatic carbocycles. The molecular weight excluding hydrogens is 202 g/mol. The van der Waals surface area contributed by atoms with Crippen LogP contribution < -0.4 is 16.0 Å². The standard InChI is InChI=1S/C12H25N3O/c1-5-9(2)14-11(16)10(3)15-12(4)6-7-13-8-12/h9-10,13,15H,5-8H2,1-4H3,(H,14,16). The molecule has 0 radical (unpaired) electrons. The predicted molar refractivity (Wildman–Crippen MR) is 66.4 cm³/mol. The van der Waals surface area contributed by atoms with Crippen LogP contribution in [-0.4, -0.2) is 36.6 Å². The molecule has 4 heteroatoms. The first-order valence-electron chi connectivity index (χ1n) is 6.25. The van der Waals surface area contributed by atoms with Crippen LogP contribution in [0.15, 0.2) is 0 Å². The van der Waals surface area contributed by atoms with E-state index >= 15 is 0 Å². The number of hydrogen-bond acceptors (Lipinski definition) is 3. The molecule has 0 spiro atoms. The van der Waals surface area contributed by atoms with Crippen molar-refractivity contribution in [3.8, 4) is 0 Å². The molecule has 0 aromatic rings. The van der Waals surface area contributed by atoms with Crippen LogP contribution in [-0.2, 0) is 4.79 Å². The third-order valence-corrected chi connectivity index (χ3v) is 3.33. The lowest BCUT2D eigenvalue weighted by atomic mass is 10.0. The Labute approximate surface area is 98.6 Å². The fourth-order valence-corrected chi connectivity index (χ4v) is 2.00. The lowest BCUT2D eigenvalue weighted by molar-refractivity contribution is -0.123. The second-order valence-electron chi connectivity index (χ2n) is 5.17. The fourth-order valence-electron chi connectivity index (χ4n) is 2.00. The van der Waals surface area contributed by atoms with Gasteiger partial charge in [0.25, 0.3) is 0 Å². The molecule has 0 bridgehead atoms. The van der Waals surface area contributed by atoms with Gasteiger partial charge in [-0.3, -0.25) is 10.1 Å². The Morgan fingerprint density at radius 3 is 2.69 bits per heavy atom. The maximum absolute atomic E-state index is 11.8. The fraction of sp³-hybridized carbons (Fsp3) is 0.917. The minimum atomic E-state index is -0.126. The number of carbonyl (C=O) groups is 1. The maximum Gasteiger partial charge on any atom is 0.237 e. The largest absolute Gasteiger partial charge is 0.352 e. The van der Waals surface area contributed by atoms with E-state index in [-0.39, 0.29) is 23.5 Å². The molecule has 1 aliphatic heterocycles. The van der Waals surface area contributed by atoms with Crippen LogP contribution in [0.2, 0.25) is 0 Å². The van der Waals surface area contributed by atoms with Crippen molar-refractivity contribution in [1.29, 1.82) is 0 Å². The van der Waals surface area contributed by atoms with Crippen LogP contribution in [0.3, 0.4) is 0 Å². The quantitative estimate of drug-likeness (QED) is 0.646. The van der Waals surface area contributed by atoms with Gasteiger partial charge in [0, 0.05) is 18.1 Å². The summed E-state index contributed by atoms with van der Waals surface area (Å²) in [5, 5.41) is 9.72. The molecule has 16 heavy (non-hydrogen) atoms. The van der Waals surface area contributed by atoms with Crippen LogP contribution in [0.5, 0.6) is 0 Å². The Morgan fingerprint density at radius 1 is 1.50 bits per heavy atom. The van der Waals surface area contributed by atoms with E-state index in [9.17, 15) is 4.79 Å². The monoisotopic (exact) mass is 227 g/mol. The molecule has 4 nitrogen and oxygen atoms in total. The number of carbonyl (C=O) groups excluding carboxylic acids is 1. The van der Waals surface area contributed by atoms with Crippen molar-refractivity contribution in [3.05, 3.63) is 0 Å². The summed E-state index contributed by atoms with van der Waals surface area (Å²) in [7, 11) is 0. The molecule has 1 heterocycles. The first-order chi connectivity index (χ1) is 7.47. The van der Waals surface area contributed by atoms with Gasteiger partial charge in [-0.25, -0.2) is 0 Å². The van der Waals surface area contributed by atoms with Crippen molar-refractivity contribution >= 4 is 5.91 Å². The van der Waals surface area contributed by atoms with Gasteiger partial charge < -0.3 is 10.6 Å². The Morgan fingerprint density at radius 2 is 2.19 bits per heavy atom. The summed E-state index contributed by atoms with van der Waals surface area (Å²) in [5.41, 5.74) is 0.0617. The van der Waals surface area contributed by atoms with Crippen LogP contribution in [0.1, 0.15) is 40.5 Å². The number of amides is 1. The third kappa shape index (κ3) is 3.76. The Hall–Kier alpha value is -0.610. The van der Waals surface area contributed by atoms with Crippen LogP contribution >= 0.6 is 0 Å². The van der Waals surface area contributed by atoms with E-state index in [1.54, 1.807) is 0 Å². The van der Waals surface area contributed by atoms with Crippen molar-refractivity contribution in [3.63, 3.8) is 0 Å². The number of hydrogen-bond donors (Lipinski definition) is 3. The molecule has 0 saturated carbocycles. The van der Waals surface area contributed by atoms with E-state index in [0.717, 1.165) is 25.9 Å². The summed E-state index contributed by atoms with van der Waals surface area (Å²) in [6, 6.07) is 0.130. The lowest BCUT2D eigenvalue weighted by Crippen LogP contribution is -2.54. The summed E-state index contributed by atoms with van der Waals surface area (Å²) < 4.78 is 0. The molecule has 94 valence electrons. The third-order valence-electron chi connectivity index (χ3n) is 3.33. The summed E-state index contributed by atoms with van der Waals surface area (Å²) in [4.78, 5) is 11.8. The highest BCUT2D eigenvalue weighted by Crippen LogP contribution is 2.14. The molecule has 1 amide bonds. The zero-order chi connectivity index (χ0) is 12.2. The smallest absolute Gasteiger partial charge is 0.237 e. The summed E-state index contributed by atoms with van der Waals surface area (Å²) >= 11 is 0. The van der Waals surface area contributed by atoms with Gasteiger partial charge in [0.15, 0.2) is 0 Å². The summed E-state index contributed by atoms with van der Waals surface area (Å²) in [6.45, 7) is 10.2. The zero-order valence-corrected chi connectivity index (χ0v) is 10.9. The summed E-state index contributed by atoms with van der Waals surface area (Å²) in [5.74, 6) is 0.0995. The number of rotatable bonds is 5. The van der Waals surface area contributed by atoms with Crippen molar-refractivity contribution in [1.82, 2.24) is 16.0 Å². The second-order valence-corrected chi connectivity index (χ2v) is 5.17. The molecule has 3 N–H and O–H groups in total. The highest BCUT2D eigenvalue weighted by atomic mass is 16.2. The average molecular weight is 227 g/mol. The van der Waals surface area contributed by atoms with Gasteiger partial charge in [-0.1, -0.05) is 6.92 Å². The molecular formula is C12H25N3O. The van der Waals surface area contributed by atoms with Gasteiger partial charge >= 0.3 is 0 Å². The van der Waals surface area contributed by atoms with Gasteiger partial charge in [0.1, 0.15) is 0 Å². The van der Waals surface area contributed by atoms with E-state index in [2.05, 4.69) is 29.8 Å². The van der Waals surface area contributed by atoms with Gasteiger partial charge in [-0.15, -0.1) is 0 Å². The molecule has 3 unspecified atom stereocenters. The van der Waals surface area contributed by atoms with Gasteiger partial charge in [-0.2, -0.15) is 0 Å². The molecule has 3 atom stereocenters. The SMILES string of the molecule is CCC(C)NC(=O)C(C)NC1(C)CCNC1. The Bertz CT molecular complexity index is 236. The summed E-state index contributed by atoms with van der Waals surface area (Å²) in [6.07, 6.45) is 2.05. The van der Waals surface area contributed by atoms with E-state index in [4.69, 9.17) is 0 Å². The van der Waals surface area contributed by atoms with Crippen molar-refractivity contribution in [2.24, 2.45) is 0 Å². The molecule has 1 rings (SSSR count). The number of nitrogens with one attached hydrogen (secondary N) is 3. The normalized spacial score (nSPS) is 28.8. The molecule has 1 fully saturated rings. The van der Waals surface area contributed by atoms with Crippen LogP contribution in [0.25, 0.3) is 0 Å². The average Bonchev–Trinajstić information content (AvgIpc) is 2.64. The minimum absolute atomic E-state index is 0.0617. The highest BCUT2D eigenvalue weighted by molar-refractivity contribution is 5.81. The first-order valence-corrected chi connectivity index (χ1v) is 6.25. The molecule has 0 aliphatic carbocycles. The van der Waals surface area contributed by atoms with Crippen molar-refractivity contribution in [2.45, 2.75) is 58.2 Å². The van der Waals surface area contributed by atoms with E-state index in [1.165, 1.54) is 0 Å². The zero-order valence-electron chi connectivity index (χ0n) is 10.9. The van der Waals surface area contributed by atoms with Gasteiger partial charge in [0.2, 0.25) is 5.91 Å². The van der Waals surface area contributed by atoms with Crippen molar-refractivity contribution < 1.29 is 4.79 Å². The second kappa shape index (κ2) is 5.64. The van der Waals surface area contributed by atoms with Gasteiger partial charge in [-0.05, 0) is 40.2 Å². The van der Waals surface area contributed by atoms with E-state index in [1.807, 2.05) is 13.8 Å². The molecule has 1 aliphatic rings. The lowest BCUT2D eigenvalue weighted by Gasteiger charge is -2.29.